The van der Waals surface area contributed by atoms with E-state index in [4.69, 9.17) is 10.00 Å². The monoisotopic (exact) mass is 418 g/mol. The van der Waals surface area contributed by atoms with Crippen LogP contribution in [0.15, 0.2) is 36.5 Å². The highest BCUT2D eigenvalue weighted by molar-refractivity contribution is 5.95. The molecule has 2 fully saturated rings. The predicted octanol–water partition coefficient (Wildman–Crippen LogP) is 4.24. The number of nitriles is 1. The van der Waals surface area contributed by atoms with Crippen LogP contribution in [0.4, 0.5) is 4.39 Å². The molecule has 2 unspecified atom stereocenters. The Hall–Kier alpha value is -3.40. The molecule has 7 heteroatoms. The maximum atomic E-state index is 14.0. The van der Waals surface area contributed by atoms with Gasteiger partial charge in [-0.3, -0.25) is 4.79 Å². The number of carbonyl (C=O) groups excluding carboxylic acids is 1. The van der Waals surface area contributed by atoms with Crippen molar-refractivity contribution in [2.45, 2.75) is 25.2 Å². The predicted molar refractivity (Wildman–Crippen MR) is 114 cm³/mol. The fraction of sp³-hybridized carbons (Fsp3) is 0.375. The van der Waals surface area contributed by atoms with Crippen LogP contribution in [0.5, 0.6) is 5.75 Å². The van der Waals surface area contributed by atoms with E-state index in [-0.39, 0.29) is 18.1 Å². The Morgan fingerprint density at radius 2 is 2.03 bits per heavy atom. The zero-order valence-corrected chi connectivity index (χ0v) is 17.3. The second-order valence-electron chi connectivity index (χ2n) is 8.51. The van der Waals surface area contributed by atoms with Crippen LogP contribution in [0.2, 0.25) is 0 Å². The number of pyridine rings is 1. The van der Waals surface area contributed by atoms with Crippen LogP contribution in [0.25, 0.3) is 22.2 Å². The van der Waals surface area contributed by atoms with Crippen molar-refractivity contribution in [2.75, 3.05) is 20.2 Å². The molecular weight excluding hydrogens is 395 g/mol. The second kappa shape index (κ2) is 7.69. The summed E-state index contributed by atoms with van der Waals surface area (Å²) in [7, 11) is 1.58. The number of nitrogens with zero attached hydrogens (tertiary/aromatic N) is 3. The smallest absolute Gasteiger partial charge is 0.236 e. The van der Waals surface area contributed by atoms with E-state index in [1.54, 1.807) is 19.4 Å². The molecule has 3 aromatic rings. The Morgan fingerprint density at radius 3 is 2.74 bits per heavy atom. The lowest BCUT2D eigenvalue weighted by Gasteiger charge is -2.17. The van der Waals surface area contributed by atoms with E-state index in [1.165, 1.54) is 12.1 Å². The average molecular weight is 418 g/mol. The molecule has 158 valence electrons. The summed E-state index contributed by atoms with van der Waals surface area (Å²) in [5, 5.41) is 9.72. The molecule has 5 rings (SSSR count). The van der Waals surface area contributed by atoms with Crippen molar-refractivity contribution in [1.29, 1.82) is 5.26 Å². The Balaban J connectivity index is 1.42. The Labute approximate surface area is 179 Å². The van der Waals surface area contributed by atoms with Crippen molar-refractivity contribution in [3.05, 3.63) is 48.0 Å². The van der Waals surface area contributed by atoms with Crippen molar-refractivity contribution in [3.8, 4) is 22.9 Å². The first kappa shape index (κ1) is 19.6. The molecule has 31 heavy (non-hydrogen) atoms. The van der Waals surface area contributed by atoms with Gasteiger partial charge in [0.2, 0.25) is 5.91 Å². The van der Waals surface area contributed by atoms with Gasteiger partial charge in [-0.15, -0.1) is 0 Å². The zero-order chi connectivity index (χ0) is 21.5. The SMILES string of the molecule is COc1ccc(F)cc1-c1ccnc2[nH]c(C3CC4CN(C(=O)CC#N)CC4C3)cc12. The molecule has 2 aliphatic rings. The molecule has 2 aromatic heterocycles. The summed E-state index contributed by atoms with van der Waals surface area (Å²) in [5.41, 5.74) is 3.50. The number of aromatic amines is 1. The maximum Gasteiger partial charge on any atom is 0.236 e. The van der Waals surface area contributed by atoms with Gasteiger partial charge in [0, 0.05) is 35.9 Å². The topological polar surface area (TPSA) is 82.0 Å². The van der Waals surface area contributed by atoms with E-state index in [2.05, 4.69) is 16.0 Å². The molecule has 1 aliphatic heterocycles. The number of ether oxygens (including phenoxy) is 1. The zero-order valence-electron chi connectivity index (χ0n) is 17.3. The summed E-state index contributed by atoms with van der Waals surface area (Å²) in [6.45, 7) is 1.48. The number of rotatable bonds is 4. The van der Waals surface area contributed by atoms with E-state index in [1.807, 2.05) is 17.0 Å². The number of likely N-dealkylation sites (tertiary alicyclic amines) is 1. The second-order valence-corrected chi connectivity index (χ2v) is 8.51. The first-order chi connectivity index (χ1) is 15.1. The normalized spacial score (nSPS) is 22.5. The highest BCUT2D eigenvalue weighted by Crippen LogP contribution is 2.47. The van der Waals surface area contributed by atoms with E-state index in [0.29, 0.717) is 29.1 Å². The number of aromatic nitrogens is 2. The van der Waals surface area contributed by atoms with Crippen molar-refractivity contribution in [1.82, 2.24) is 14.9 Å². The van der Waals surface area contributed by atoms with Crippen molar-refractivity contribution in [2.24, 2.45) is 11.8 Å². The lowest BCUT2D eigenvalue weighted by molar-refractivity contribution is -0.129. The lowest BCUT2D eigenvalue weighted by Crippen LogP contribution is -2.29. The van der Waals surface area contributed by atoms with Crippen LogP contribution in [0, 0.1) is 29.0 Å². The Morgan fingerprint density at radius 1 is 1.26 bits per heavy atom. The number of H-pyrrole nitrogens is 1. The first-order valence-electron chi connectivity index (χ1n) is 10.5. The number of methoxy groups -OCH3 is 1. The minimum Gasteiger partial charge on any atom is -0.496 e. The van der Waals surface area contributed by atoms with Gasteiger partial charge in [0.05, 0.1) is 13.2 Å². The molecule has 3 heterocycles. The number of amides is 1. The van der Waals surface area contributed by atoms with Gasteiger partial charge in [-0.25, -0.2) is 9.37 Å². The van der Waals surface area contributed by atoms with Crippen molar-refractivity contribution in [3.63, 3.8) is 0 Å². The van der Waals surface area contributed by atoms with E-state index < -0.39 is 0 Å². The number of fused-ring (bicyclic) bond motifs is 2. The molecule has 1 amide bonds. The van der Waals surface area contributed by atoms with Crippen LogP contribution >= 0.6 is 0 Å². The minimum atomic E-state index is -0.310. The van der Waals surface area contributed by atoms with E-state index in [9.17, 15) is 9.18 Å². The summed E-state index contributed by atoms with van der Waals surface area (Å²) in [4.78, 5) is 21.9. The van der Waals surface area contributed by atoms with Gasteiger partial charge in [0.25, 0.3) is 0 Å². The standard InChI is InChI=1S/C24H23FN4O2/c1-31-22-3-2-17(25)10-19(22)18-5-7-27-24-20(18)11-21(28-24)14-8-15-12-29(13-16(15)9-14)23(30)4-6-26/h2-3,5,7,10-11,14-16H,4,8-9,12-13H2,1H3,(H,27,28). The number of hydrogen-bond acceptors (Lipinski definition) is 4. The third-order valence-electron chi connectivity index (χ3n) is 6.78. The number of nitrogens with one attached hydrogen (secondary N) is 1. The van der Waals surface area contributed by atoms with Gasteiger partial charge >= 0.3 is 0 Å². The fourth-order valence-corrected chi connectivity index (χ4v) is 5.33. The first-order valence-corrected chi connectivity index (χ1v) is 10.5. The van der Waals surface area contributed by atoms with Gasteiger partial charge in [0.1, 0.15) is 23.6 Å². The highest BCUT2D eigenvalue weighted by atomic mass is 19.1. The van der Waals surface area contributed by atoms with Gasteiger partial charge in [-0.2, -0.15) is 5.26 Å². The fourth-order valence-electron chi connectivity index (χ4n) is 5.33. The molecule has 1 saturated heterocycles. The summed E-state index contributed by atoms with van der Waals surface area (Å²) < 4.78 is 19.4. The molecule has 0 radical (unpaired) electrons. The summed E-state index contributed by atoms with van der Waals surface area (Å²) >= 11 is 0. The van der Waals surface area contributed by atoms with Crippen LogP contribution in [-0.4, -0.2) is 41.0 Å². The minimum absolute atomic E-state index is 0.0388. The highest BCUT2D eigenvalue weighted by Gasteiger charge is 2.43. The van der Waals surface area contributed by atoms with Gasteiger partial charge < -0.3 is 14.6 Å². The molecule has 0 spiro atoms. The number of hydrogen-bond donors (Lipinski definition) is 1. The molecule has 1 aliphatic carbocycles. The molecule has 1 aromatic carbocycles. The van der Waals surface area contributed by atoms with Crippen molar-refractivity contribution < 1.29 is 13.9 Å². The largest absolute Gasteiger partial charge is 0.496 e. The van der Waals surface area contributed by atoms with Gasteiger partial charge in [0.15, 0.2) is 0 Å². The maximum absolute atomic E-state index is 14.0. The number of carbonyl (C=O) groups is 1. The van der Waals surface area contributed by atoms with Crippen LogP contribution < -0.4 is 4.74 Å². The summed E-state index contributed by atoms with van der Waals surface area (Å²) in [5.74, 6) is 1.56. The molecule has 1 N–H and O–H groups in total. The Bertz CT molecular complexity index is 1180. The molecule has 0 bridgehead atoms. The van der Waals surface area contributed by atoms with Crippen LogP contribution in [0.3, 0.4) is 0 Å². The third kappa shape index (κ3) is 3.42. The molecular formula is C24H23FN4O2. The lowest BCUT2D eigenvalue weighted by atomic mass is 9.99. The van der Waals surface area contributed by atoms with Crippen molar-refractivity contribution >= 4 is 16.9 Å². The quantitative estimate of drug-likeness (QED) is 0.687. The van der Waals surface area contributed by atoms with Gasteiger partial charge in [-0.1, -0.05) is 0 Å². The third-order valence-corrected chi connectivity index (χ3v) is 6.78. The number of halogens is 1. The van der Waals surface area contributed by atoms with Crippen LogP contribution in [0.1, 0.15) is 30.9 Å². The summed E-state index contributed by atoms with van der Waals surface area (Å²) in [6, 6.07) is 10.5. The van der Waals surface area contributed by atoms with Crippen LogP contribution in [-0.2, 0) is 4.79 Å². The van der Waals surface area contributed by atoms with E-state index >= 15 is 0 Å². The molecule has 1 saturated carbocycles. The number of benzene rings is 1. The molecule has 2 atom stereocenters. The Kier molecular flexibility index (Phi) is 4.85. The van der Waals surface area contributed by atoms with Gasteiger partial charge in [-0.05, 0) is 66.5 Å². The summed E-state index contributed by atoms with van der Waals surface area (Å²) in [6.07, 6.45) is 3.70. The average Bonchev–Trinajstić information content (AvgIpc) is 3.46. The molecule has 6 nitrogen and oxygen atoms in total. The van der Waals surface area contributed by atoms with E-state index in [0.717, 1.165) is 48.2 Å².